The fourth-order valence-corrected chi connectivity index (χ4v) is 2.13. The SMILES string of the molecule is NC(CCSCCCC(F)(F)F)c1ncno1. The molecule has 98 valence electrons. The maximum absolute atomic E-state index is 11.8. The summed E-state index contributed by atoms with van der Waals surface area (Å²) < 4.78 is 40.2. The Bertz CT molecular complexity index is 305. The Morgan fingerprint density at radius 3 is 2.76 bits per heavy atom. The molecule has 0 aliphatic rings. The van der Waals surface area contributed by atoms with Gasteiger partial charge in [-0.2, -0.15) is 29.9 Å². The maximum atomic E-state index is 11.8. The number of rotatable bonds is 7. The van der Waals surface area contributed by atoms with E-state index in [1.165, 1.54) is 18.1 Å². The van der Waals surface area contributed by atoms with Crippen LogP contribution < -0.4 is 5.73 Å². The topological polar surface area (TPSA) is 64.9 Å². The van der Waals surface area contributed by atoms with Crippen molar-refractivity contribution in [2.75, 3.05) is 11.5 Å². The summed E-state index contributed by atoms with van der Waals surface area (Å²) in [6.07, 6.45) is -2.76. The average molecular weight is 269 g/mol. The van der Waals surface area contributed by atoms with Crippen LogP contribution in [0, 0.1) is 0 Å². The first-order chi connectivity index (χ1) is 7.99. The molecule has 0 radical (unpaired) electrons. The third-order valence-electron chi connectivity index (χ3n) is 2.02. The molecule has 1 aromatic heterocycles. The lowest BCUT2D eigenvalue weighted by molar-refractivity contribution is -0.134. The Morgan fingerprint density at radius 1 is 1.41 bits per heavy atom. The minimum absolute atomic E-state index is 0.143. The van der Waals surface area contributed by atoms with Crippen LogP contribution in [0.3, 0.4) is 0 Å². The lowest BCUT2D eigenvalue weighted by atomic mass is 10.2. The van der Waals surface area contributed by atoms with Crippen LogP contribution in [0.2, 0.25) is 0 Å². The van der Waals surface area contributed by atoms with E-state index < -0.39 is 12.6 Å². The Kier molecular flexibility index (Phi) is 5.76. The second-order valence-corrected chi connectivity index (χ2v) is 4.73. The van der Waals surface area contributed by atoms with Crippen molar-refractivity contribution in [1.29, 1.82) is 0 Å². The molecule has 0 aliphatic heterocycles. The van der Waals surface area contributed by atoms with Crippen molar-refractivity contribution in [2.45, 2.75) is 31.5 Å². The lowest BCUT2D eigenvalue weighted by Crippen LogP contribution is -2.12. The summed E-state index contributed by atoms with van der Waals surface area (Å²) >= 11 is 1.45. The highest BCUT2D eigenvalue weighted by Gasteiger charge is 2.25. The maximum Gasteiger partial charge on any atom is 0.389 e. The van der Waals surface area contributed by atoms with Crippen molar-refractivity contribution in [3.63, 3.8) is 0 Å². The van der Waals surface area contributed by atoms with Gasteiger partial charge >= 0.3 is 6.18 Å². The van der Waals surface area contributed by atoms with Crippen LogP contribution in [-0.2, 0) is 0 Å². The molecule has 8 heteroatoms. The minimum Gasteiger partial charge on any atom is -0.338 e. The molecule has 1 rings (SSSR count). The van der Waals surface area contributed by atoms with E-state index in [0.717, 1.165) is 0 Å². The van der Waals surface area contributed by atoms with E-state index in [0.29, 0.717) is 23.8 Å². The zero-order valence-corrected chi connectivity index (χ0v) is 9.93. The number of hydrogen-bond acceptors (Lipinski definition) is 5. The van der Waals surface area contributed by atoms with Crippen LogP contribution in [0.1, 0.15) is 31.2 Å². The van der Waals surface area contributed by atoms with Crippen molar-refractivity contribution in [3.05, 3.63) is 12.2 Å². The number of thioether (sulfide) groups is 1. The molecule has 0 saturated heterocycles. The summed E-state index contributed by atoms with van der Waals surface area (Å²) in [5.41, 5.74) is 5.73. The van der Waals surface area contributed by atoms with Gasteiger partial charge < -0.3 is 10.3 Å². The number of halogens is 3. The fraction of sp³-hybridized carbons (Fsp3) is 0.778. The van der Waals surface area contributed by atoms with Gasteiger partial charge in [-0.05, 0) is 24.3 Å². The predicted molar refractivity (Wildman–Crippen MR) is 58.5 cm³/mol. The molecule has 17 heavy (non-hydrogen) atoms. The van der Waals surface area contributed by atoms with E-state index in [4.69, 9.17) is 10.3 Å². The molecule has 0 spiro atoms. The molecule has 1 aromatic rings. The molecule has 1 atom stereocenters. The van der Waals surface area contributed by atoms with Gasteiger partial charge in [0.05, 0.1) is 6.04 Å². The smallest absolute Gasteiger partial charge is 0.338 e. The monoisotopic (exact) mass is 269 g/mol. The fourth-order valence-electron chi connectivity index (χ4n) is 1.16. The molecule has 0 saturated carbocycles. The number of aromatic nitrogens is 2. The van der Waals surface area contributed by atoms with Gasteiger partial charge in [0.25, 0.3) is 0 Å². The quantitative estimate of drug-likeness (QED) is 0.770. The zero-order valence-electron chi connectivity index (χ0n) is 9.11. The average Bonchev–Trinajstić information content (AvgIpc) is 2.74. The van der Waals surface area contributed by atoms with Gasteiger partial charge in [-0.15, -0.1) is 0 Å². The van der Waals surface area contributed by atoms with Crippen molar-refractivity contribution in [1.82, 2.24) is 10.1 Å². The Labute approximate surface area is 101 Å². The van der Waals surface area contributed by atoms with E-state index in [-0.39, 0.29) is 12.5 Å². The number of alkyl halides is 3. The first-order valence-corrected chi connectivity index (χ1v) is 6.31. The summed E-state index contributed by atoms with van der Waals surface area (Å²) in [5, 5.41) is 3.43. The number of hydrogen-bond donors (Lipinski definition) is 1. The second-order valence-electron chi connectivity index (χ2n) is 3.51. The van der Waals surface area contributed by atoms with Gasteiger partial charge in [-0.1, -0.05) is 5.16 Å². The highest BCUT2D eigenvalue weighted by Crippen LogP contribution is 2.23. The minimum atomic E-state index is -4.05. The van der Waals surface area contributed by atoms with E-state index in [9.17, 15) is 13.2 Å². The molecule has 0 amide bonds. The van der Waals surface area contributed by atoms with Crippen LogP contribution in [0.15, 0.2) is 10.9 Å². The highest BCUT2D eigenvalue weighted by atomic mass is 32.2. The number of nitrogens with zero attached hydrogens (tertiary/aromatic N) is 2. The van der Waals surface area contributed by atoms with E-state index in [1.807, 2.05) is 0 Å². The van der Waals surface area contributed by atoms with Gasteiger partial charge in [-0.25, -0.2) is 0 Å². The summed E-state index contributed by atoms with van der Waals surface area (Å²) in [4.78, 5) is 3.80. The molecule has 4 nitrogen and oxygen atoms in total. The Morgan fingerprint density at radius 2 is 2.18 bits per heavy atom. The summed E-state index contributed by atoms with van der Waals surface area (Å²) in [7, 11) is 0. The Balaban J connectivity index is 2.01. The van der Waals surface area contributed by atoms with Gasteiger partial charge in [0.1, 0.15) is 0 Å². The van der Waals surface area contributed by atoms with Gasteiger partial charge in [0, 0.05) is 6.42 Å². The molecular formula is C9H14F3N3OS. The molecule has 0 aromatic carbocycles. The molecule has 0 fully saturated rings. The van der Waals surface area contributed by atoms with Crippen molar-refractivity contribution < 1.29 is 17.7 Å². The zero-order chi connectivity index (χ0) is 12.7. The van der Waals surface area contributed by atoms with Crippen LogP contribution >= 0.6 is 11.8 Å². The molecular weight excluding hydrogens is 255 g/mol. The molecule has 0 aliphatic carbocycles. The molecule has 1 unspecified atom stereocenters. The van der Waals surface area contributed by atoms with E-state index >= 15 is 0 Å². The van der Waals surface area contributed by atoms with Gasteiger partial charge in [0.2, 0.25) is 5.89 Å². The van der Waals surface area contributed by atoms with Crippen molar-refractivity contribution in [3.8, 4) is 0 Å². The van der Waals surface area contributed by atoms with Gasteiger partial charge in [-0.3, -0.25) is 0 Å². The first-order valence-electron chi connectivity index (χ1n) is 5.15. The normalized spacial score (nSPS) is 13.9. The Hall–Kier alpha value is -0.760. The predicted octanol–water partition coefficient (Wildman–Crippen LogP) is 2.54. The van der Waals surface area contributed by atoms with Gasteiger partial charge in [0.15, 0.2) is 6.33 Å². The van der Waals surface area contributed by atoms with E-state index in [1.54, 1.807) is 0 Å². The van der Waals surface area contributed by atoms with E-state index in [2.05, 4.69) is 10.1 Å². The third kappa shape index (κ3) is 6.52. The highest BCUT2D eigenvalue weighted by molar-refractivity contribution is 7.99. The summed E-state index contributed by atoms with van der Waals surface area (Å²) in [6.45, 7) is 0. The molecule has 2 N–H and O–H groups in total. The summed E-state index contributed by atoms with van der Waals surface area (Å²) in [6, 6.07) is -0.340. The van der Waals surface area contributed by atoms with Crippen LogP contribution in [0.4, 0.5) is 13.2 Å². The lowest BCUT2D eigenvalue weighted by Gasteiger charge is -2.07. The number of nitrogens with two attached hydrogens (primary N) is 1. The van der Waals surface area contributed by atoms with Crippen LogP contribution in [-0.4, -0.2) is 27.8 Å². The molecule has 1 heterocycles. The van der Waals surface area contributed by atoms with Crippen molar-refractivity contribution in [2.24, 2.45) is 5.73 Å². The first kappa shape index (κ1) is 14.3. The van der Waals surface area contributed by atoms with Crippen molar-refractivity contribution >= 4 is 11.8 Å². The second kappa shape index (κ2) is 6.85. The third-order valence-corrected chi connectivity index (χ3v) is 3.12. The summed E-state index contributed by atoms with van der Waals surface area (Å²) in [5.74, 6) is 1.53. The largest absolute Gasteiger partial charge is 0.389 e. The standard InChI is InChI=1S/C9H14F3N3OS/c10-9(11,12)3-1-4-17-5-2-7(13)8-14-6-15-16-8/h6-7H,1-5,13H2. The van der Waals surface area contributed by atoms with Crippen LogP contribution in [0.5, 0.6) is 0 Å². The van der Waals surface area contributed by atoms with Crippen LogP contribution in [0.25, 0.3) is 0 Å². The molecule has 0 bridgehead atoms.